The summed E-state index contributed by atoms with van der Waals surface area (Å²) >= 11 is 2.44. The molecule has 0 aromatic heterocycles. The molecule has 1 fully saturated rings. The molecule has 0 saturated carbocycles. The smallest absolute Gasteiger partial charge is 0.0506 e. The van der Waals surface area contributed by atoms with Crippen LogP contribution in [0, 0.1) is 5.92 Å². The zero-order chi connectivity index (χ0) is 8.27. The van der Waals surface area contributed by atoms with Crippen LogP contribution < -0.4 is 5.32 Å². The molecular weight excluding hydrogens is 251 g/mol. The average Bonchev–Trinajstić information content (AvgIpc) is 2.05. The maximum absolute atomic E-state index is 3.37. The van der Waals surface area contributed by atoms with Crippen molar-refractivity contribution in [1.82, 2.24) is 10.2 Å². The van der Waals surface area contributed by atoms with Gasteiger partial charge in [0.15, 0.2) is 0 Å². The van der Waals surface area contributed by atoms with Crippen molar-refractivity contribution in [1.29, 1.82) is 0 Å². The molecule has 11 heavy (non-hydrogen) atoms. The summed E-state index contributed by atoms with van der Waals surface area (Å²) in [7, 11) is 2.07. The number of piperidine rings is 1. The number of likely N-dealkylation sites (tertiary alicyclic amines) is 1. The van der Waals surface area contributed by atoms with Crippen molar-refractivity contribution in [3.63, 3.8) is 0 Å². The molecule has 1 rings (SSSR count). The van der Waals surface area contributed by atoms with Gasteiger partial charge in [0.05, 0.1) is 4.55 Å². The number of halogens is 1. The summed E-state index contributed by atoms with van der Waals surface area (Å²) in [6, 6.07) is 0.707. The molecule has 0 aromatic rings. The van der Waals surface area contributed by atoms with E-state index < -0.39 is 0 Å². The fraction of sp³-hybridized carbons (Fsp3) is 1.00. The van der Waals surface area contributed by atoms with E-state index in [4.69, 9.17) is 0 Å². The number of likely N-dealkylation sites (N-methyl/N-ethyl adjacent to an activating group) is 1. The molecule has 66 valence electrons. The van der Waals surface area contributed by atoms with Crippen molar-refractivity contribution in [3.05, 3.63) is 0 Å². The van der Waals surface area contributed by atoms with Gasteiger partial charge in [0, 0.05) is 12.6 Å². The Morgan fingerprint density at radius 3 is 2.91 bits per heavy atom. The average molecular weight is 268 g/mol. The second-order valence-corrected chi connectivity index (χ2v) is 4.04. The minimum absolute atomic E-state index is 0.707. The third kappa shape index (κ3) is 2.56. The van der Waals surface area contributed by atoms with Crippen LogP contribution in [0.4, 0.5) is 0 Å². The van der Waals surface area contributed by atoms with Gasteiger partial charge in [-0.05, 0) is 25.9 Å². The molecule has 0 aromatic carbocycles. The van der Waals surface area contributed by atoms with E-state index in [0.29, 0.717) is 6.04 Å². The maximum atomic E-state index is 3.37. The highest BCUT2D eigenvalue weighted by Crippen LogP contribution is 2.17. The summed E-state index contributed by atoms with van der Waals surface area (Å²) in [6.07, 6.45) is 1.34. The van der Waals surface area contributed by atoms with Gasteiger partial charge in [-0.1, -0.05) is 29.5 Å². The third-order valence-electron chi connectivity index (χ3n) is 2.58. The van der Waals surface area contributed by atoms with Crippen molar-refractivity contribution in [2.75, 3.05) is 24.7 Å². The summed E-state index contributed by atoms with van der Waals surface area (Å²) in [5.74, 6) is 0.846. The summed E-state index contributed by atoms with van der Waals surface area (Å²) in [6.45, 7) is 4.84. The van der Waals surface area contributed by atoms with Crippen LogP contribution in [0.3, 0.4) is 0 Å². The number of hydrogen-bond acceptors (Lipinski definition) is 2. The Morgan fingerprint density at radius 2 is 2.36 bits per heavy atom. The van der Waals surface area contributed by atoms with Crippen molar-refractivity contribution >= 4 is 22.6 Å². The van der Waals surface area contributed by atoms with Crippen molar-refractivity contribution in [2.24, 2.45) is 5.92 Å². The Hall–Kier alpha value is 0.650. The van der Waals surface area contributed by atoms with Crippen LogP contribution in [0.15, 0.2) is 0 Å². The van der Waals surface area contributed by atoms with E-state index in [1.54, 1.807) is 0 Å². The molecule has 1 heterocycles. The lowest BCUT2D eigenvalue weighted by Crippen LogP contribution is -2.48. The van der Waals surface area contributed by atoms with Gasteiger partial charge in [-0.3, -0.25) is 4.90 Å². The normalized spacial score (nSPS) is 34.1. The fourth-order valence-electron chi connectivity index (χ4n) is 1.62. The van der Waals surface area contributed by atoms with Crippen LogP contribution in [0.5, 0.6) is 0 Å². The Morgan fingerprint density at radius 1 is 1.64 bits per heavy atom. The number of rotatable bonds is 2. The number of alkyl halides is 1. The monoisotopic (exact) mass is 268 g/mol. The lowest BCUT2D eigenvalue weighted by atomic mass is 9.94. The predicted octanol–water partition coefficient (Wildman–Crippen LogP) is 1.31. The van der Waals surface area contributed by atoms with Crippen LogP contribution >= 0.6 is 22.6 Å². The summed E-state index contributed by atoms with van der Waals surface area (Å²) in [4.78, 5) is 2.50. The molecule has 0 spiro atoms. The van der Waals surface area contributed by atoms with Crippen LogP contribution in [-0.2, 0) is 0 Å². The molecule has 3 heteroatoms. The van der Waals surface area contributed by atoms with E-state index in [1.165, 1.54) is 24.1 Å². The topological polar surface area (TPSA) is 15.3 Å². The SMILES string of the molecule is CNC1CN(CI)CCC1C. The summed E-state index contributed by atoms with van der Waals surface area (Å²) in [5.41, 5.74) is 0. The zero-order valence-corrected chi connectivity index (χ0v) is 9.47. The van der Waals surface area contributed by atoms with Crippen LogP contribution in [-0.4, -0.2) is 35.6 Å². The quantitative estimate of drug-likeness (QED) is 0.461. The van der Waals surface area contributed by atoms with Gasteiger partial charge >= 0.3 is 0 Å². The second-order valence-electron chi connectivity index (χ2n) is 3.36. The van der Waals surface area contributed by atoms with E-state index in [-0.39, 0.29) is 0 Å². The van der Waals surface area contributed by atoms with Gasteiger partial charge in [-0.15, -0.1) is 0 Å². The summed E-state index contributed by atoms with van der Waals surface area (Å²) < 4.78 is 1.17. The lowest BCUT2D eigenvalue weighted by molar-refractivity contribution is 0.179. The molecule has 1 saturated heterocycles. The minimum atomic E-state index is 0.707. The maximum Gasteiger partial charge on any atom is 0.0506 e. The predicted molar refractivity (Wildman–Crippen MR) is 57.1 cm³/mol. The Balaban J connectivity index is 2.37. The van der Waals surface area contributed by atoms with Gasteiger partial charge in [0.1, 0.15) is 0 Å². The molecule has 0 radical (unpaired) electrons. The molecular formula is C8H17IN2. The molecule has 2 unspecified atom stereocenters. The first-order chi connectivity index (χ1) is 5.27. The third-order valence-corrected chi connectivity index (χ3v) is 3.55. The Kier molecular flexibility index (Phi) is 4.09. The second kappa shape index (κ2) is 4.62. The van der Waals surface area contributed by atoms with Crippen LogP contribution in [0.25, 0.3) is 0 Å². The van der Waals surface area contributed by atoms with Gasteiger partial charge < -0.3 is 5.32 Å². The van der Waals surface area contributed by atoms with Crippen molar-refractivity contribution < 1.29 is 0 Å². The molecule has 1 N–H and O–H groups in total. The van der Waals surface area contributed by atoms with E-state index in [9.17, 15) is 0 Å². The molecule has 2 nitrogen and oxygen atoms in total. The van der Waals surface area contributed by atoms with Gasteiger partial charge in [-0.25, -0.2) is 0 Å². The Labute approximate surface area is 82.9 Å². The molecule has 0 bridgehead atoms. The molecule has 1 aliphatic rings. The van der Waals surface area contributed by atoms with Gasteiger partial charge in [0.25, 0.3) is 0 Å². The van der Waals surface area contributed by atoms with Gasteiger partial charge in [-0.2, -0.15) is 0 Å². The molecule has 0 aliphatic carbocycles. The van der Waals surface area contributed by atoms with Crippen molar-refractivity contribution in [2.45, 2.75) is 19.4 Å². The highest BCUT2D eigenvalue weighted by atomic mass is 127. The number of hydrogen-bond donors (Lipinski definition) is 1. The standard InChI is InChI=1S/C8H17IN2/c1-7-3-4-11(6-9)5-8(7)10-2/h7-8,10H,3-6H2,1-2H3. The van der Waals surface area contributed by atoms with Crippen LogP contribution in [0.2, 0.25) is 0 Å². The largest absolute Gasteiger partial charge is 0.315 e. The van der Waals surface area contributed by atoms with E-state index in [1.807, 2.05) is 0 Å². The fourth-order valence-corrected chi connectivity index (χ4v) is 2.24. The minimum Gasteiger partial charge on any atom is -0.315 e. The number of nitrogens with one attached hydrogen (secondary N) is 1. The first-order valence-corrected chi connectivity index (χ1v) is 5.76. The first-order valence-electron chi connectivity index (χ1n) is 4.23. The Bertz CT molecular complexity index is 119. The van der Waals surface area contributed by atoms with E-state index >= 15 is 0 Å². The molecule has 1 aliphatic heterocycles. The van der Waals surface area contributed by atoms with E-state index in [2.05, 4.69) is 46.8 Å². The van der Waals surface area contributed by atoms with Gasteiger partial charge in [0.2, 0.25) is 0 Å². The highest BCUT2D eigenvalue weighted by Gasteiger charge is 2.23. The zero-order valence-electron chi connectivity index (χ0n) is 7.31. The lowest BCUT2D eigenvalue weighted by Gasteiger charge is -2.35. The van der Waals surface area contributed by atoms with Crippen molar-refractivity contribution in [3.8, 4) is 0 Å². The number of nitrogens with zero attached hydrogens (tertiary/aromatic N) is 1. The highest BCUT2D eigenvalue weighted by molar-refractivity contribution is 14.1. The van der Waals surface area contributed by atoms with E-state index in [0.717, 1.165) is 5.92 Å². The molecule has 0 amide bonds. The molecule has 2 atom stereocenters. The van der Waals surface area contributed by atoms with Crippen LogP contribution in [0.1, 0.15) is 13.3 Å². The first kappa shape index (κ1) is 9.74. The summed E-state index contributed by atoms with van der Waals surface area (Å²) in [5, 5.41) is 3.37.